The average molecular weight is 479 g/mol. The number of rotatable bonds is 5. The first kappa shape index (κ1) is 21.5. The summed E-state index contributed by atoms with van der Waals surface area (Å²) in [5, 5.41) is 1.55. The Bertz CT molecular complexity index is 895. The van der Waals surface area contributed by atoms with Crippen molar-refractivity contribution in [3.8, 4) is 11.1 Å². The third-order valence-corrected chi connectivity index (χ3v) is 11.2. The van der Waals surface area contributed by atoms with E-state index in [-0.39, 0.29) is 0 Å². The van der Waals surface area contributed by atoms with Gasteiger partial charge in [0.15, 0.2) is 0 Å². The Morgan fingerprint density at radius 2 is 1.66 bits per heavy atom. The van der Waals surface area contributed by atoms with Crippen LogP contribution in [0.4, 0.5) is 0 Å². The van der Waals surface area contributed by atoms with E-state index in [1.54, 1.807) is 41.0 Å². The van der Waals surface area contributed by atoms with E-state index in [0.29, 0.717) is 9.04 Å². The van der Waals surface area contributed by atoms with Gasteiger partial charge in [0.05, 0.1) is 0 Å². The first-order valence-electron chi connectivity index (χ1n) is 11.5. The van der Waals surface area contributed by atoms with Crippen LogP contribution in [-0.4, -0.2) is 8.07 Å². The van der Waals surface area contributed by atoms with E-state index >= 15 is 0 Å². The molecule has 0 aromatic heterocycles. The molecule has 1 fully saturated rings. The Hall–Kier alpha value is -0.720. The molecule has 0 amide bonds. The molecule has 2 aromatic carbocycles. The van der Waals surface area contributed by atoms with E-state index < -0.39 is 8.07 Å². The normalized spacial score (nSPS) is 20.9. The van der Waals surface area contributed by atoms with Gasteiger partial charge in [-0.1, -0.05) is 0 Å². The second-order valence-corrected chi connectivity index (χ2v) is 16.9. The molecule has 1 saturated carbocycles. The quantitative estimate of drug-likeness (QED) is 0.387. The number of benzene rings is 2. The Labute approximate surface area is 194 Å². The van der Waals surface area contributed by atoms with Gasteiger partial charge in [-0.2, -0.15) is 0 Å². The van der Waals surface area contributed by atoms with E-state index in [9.17, 15) is 0 Å². The first-order chi connectivity index (χ1) is 13.8. The SMILES string of the molecule is CCC1(CC2=Cc3c(-c4ccc([Si](C)(C)C)cc4)cccc3[CH]2[Zr])CCCCC1. The molecule has 0 aliphatic heterocycles. The molecule has 2 heteroatoms. The second-order valence-electron chi connectivity index (χ2n) is 10.4. The number of hydrogen-bond acceptors (Lipinski definition) is 0. The predicted octanol–water partition coefficient (Wildman–Crippen LogP) is 7.63. The van der Waals surface area contributed by atoms with Gasteiger partial charge in [-0.05, 0) is 0 Å². The van der Waals surface area contributed by atoms with E-state index in [1.165, 1.54) is 61.6 Å². The zero-order valence-corrected chi connectivity index (χ0v) is 22.1. The van der Waals surface area contributed by atoms with Gasteiger partial charge in [-0.15, -0.1) is 0 Å². The summed E-state index contributed by atoms with van der Waals surface area (Å²) in [4.78, 5) is 0. The monoisotopic (exact) mass is 477 g/mol. The van der Waals surface area contributed by atoms with E-state index in [2.05, 4.69) is 75.1 Å². The van der Waals surface area contributed by atoms with Gasteiger partial charge in [0.1, 0.15) is 0 Å². The van der Waals surface area contributed by atoms with Gasteiger partial charge in [0, 0.05) is 0 Å². The standard InChI is InChI=1S/C27H35Si.Zr/c1-5-27(16-7-6-8-17-27)20-21-18-23-10-9-11-25(26(23)19-21)22-12-14-24(15-13-22)28(2,3)4;/h9-15,18-19H,5-8,16-17,20H2,1-4H3;. The summed E-state index contributed by atoms with van der Waals surface area (Å²) >= 11 is 1.65. The molecule has 0 spiro atoms. The van der Waals surface area contributed by atoms with Crippen molar-refractivity contribution in [1.29, 1.82) is 0 Å². The summed E-state index contributed by atoms with van der Waals surface area (Å²) in [5.41, 5.74) is 8.18. The topological polar surface area (TPSA) is 0 Å². The molecule has 29 heavy (non-hydrogen) atoms. The fraction of sp³-hybridized carbons (Fsp3) is 0.481. The minimum atomic E-state index is -1.25. The van der Waals surface area contributed by atoms with Gasteiger partial charge in [-0.25, -0.2) is 0 Å². The van der Waals surface area contributed by atoms with Crippen molar-refractivity contribution < 1.29 is 24.7 Å². The van der Waals surface area contributed by atoms with Gasteiger partial charge in [0.2, 0.25) is 0 Å². The zero-order valence-electron chi connectivity index (χ0n) is 18.6. The maximum absolute atomic E-state index is 2.59. The summed E-state index contributed by atoms with van der Waals surface area (Å²) < 4.78 is 0.656. The van der Waals surface area contributed by atoms with Gasteiger partial charge in [0.25, 0.3) is 0 Å². The average Bonchev–Trinajstić information content (AvgIpc) is 3.03. The molecule has 0 nitrogen and oxygen atoms in total. The molecule has 2 aromatic rings. The van der Waals surface area contributed by atoms with Gasteiger partial charge >= 0.3 is 195 Å². The molecule has 0 N–H and O–H groups in total. The van der Waals surface area contributed by atoms with Crippen molar-refractivity contribution in [2.75, 3.05) is 0 Å². The first-order valence-corrected chi connectivity index (χ1v) is 16.4. The Balaban J connectivity index is 1.67. The van der Waals surface area contributed by atoms with Crippen LogP contribution in [-0.2, 0) is 24.7 Å². The van der Waals surface area contributed by atoms with Crippen LogP contribution in [0.3, 0.4) is 0 Å². The predicted molar refractivity (Wildman–Crippen MR) is 126 cm³/mol. The summed E-state index contributed by atoms with van der Waals surface area (Å²) in [5.74, 6) is 0. The molecule has 2 aliphatic rings. The van der Waals surface area contributed by atoms with Crippen LogP contribution in [0.5, 0.6) is 0 Å². The van der Waals surface area contributed by atoms with Gasteiger partial charge < -0.3 is 0 Å². The van der Waals surface area contributed by atoms with Crippen LogP contribution >= 0.6 is 0 Å². The molecule has 1 unspecified atom stereocenters. The zero-order chi connectivity index (χ0) is 20.6. The van der Waals surface area contributed by atoms with E-state index in [0.717, 1.165) is 0 Å². The van der Waals surface area contributed by atoms with E-state index in [4.69, 9.17) is 0 Å². The van der Waals surface area contributed by atoms with Crippen LogP contribution < -0.4 is 5.19 Å². The maximum atomic E-state index is 2.59. The number of fused-ring (bicyclic) bond motifs is 1. The molecule has 2 aliphatic carbocycles. The molecule has 4 rings (SSSR count). The third kappa shape index (κ3) is 4.35. The summed E-state index contributed by atoms with van der Waals surface area (Å²) in [6, 6.07) is 16.5. The fourth-order valence-corrected chi connectivity index (χ4v) is 7.65. The van der Waals surface area contributed by atoms with Crippen molar-refractivity contribution >= 4 is 19.3 Å². The molecular formula is C27H35SiZr. The van der Waals surface area contributed by atoms with E-state index in [1.807, 2.05) is 0 Å². The number of hydrogen-bond donors (Lipinski definition) is 0. The van der Waals surface area contributed by atoms with Crippen LogP contribution in [0.1, 0.15) is 66.6 Å². The fourth-order valence-electron chi connectivity index (χ4n) is 5.41. The molecule has 0 saturated heterocycles. The molecule has 151 valence electrons. The van der Waals surface area contributed by atoms with Crippen LogP contribution in [0.25, 0.3) is 17.2 Å². The van der Waals surface area contributed by atoms with Crippen molar-refractivity contribution in [3.05, 3.63) is 59.2 Å². The van der Waals surface area contributed by atoms with Crippen LogP contribution in [0.2, 0.25) is 19.6 Å². The Morgan fingerprint density at radius 1 is 0.966 bits per heavy atom. The molecule has 0 radical (unpaired) electrons. The van der Waals surface area contributed by atoms with Crippen LogP contribution in [0, 0.1) is 5.41 Å². The van der Waals surface area contributed by atoms with Crippen molar-refractivity contribution in [3.63, 3.8) is 0 Å². The third-order valence-electron chi connectivity index (χ3n) is 7.46. The molecular weight excluding hydrogens is 444 g/mol. The second kappa shape index (κ2) is 8.43. The molecule has 1 atom stereocenters. The summed E-state index contributed by atoms with van der Waals surface area (Å²) in [6.07, 6.45) is 12.4. The van der Waals surface area contributed by atoms with Crippen molar-refractivity contribution in [2.45, 2.75) is 75.1 Å². The van der Waals surface area contributed by atoms with Gasteiger partial charge in [-0.3, -0.25) is 0 Å². The Kier molecular flexibility index (Phi) is 6.25. The summed E-state index contributed by atoms with van der Waals surface area (Å²) in [6.45, 7) is 9.71. The molecule has 0 heterocycles. The number of allylic oxidation sites excluding steroid dienone is 1. The minimum absolute atomic E-state index is 0.569. The summed E-state index contributed by atoms with van der Waals surface area (Å²) in [7, 11) is -1.25. The van der Waals surface area contributed by atoms with Crippen LogP contribution in [0.15, 0.2) is 48.0 Å². The van der Waals surface area contributed by atoms with Crippen molar-refractivity contribution in [1.82, 2.24) is 0 Å². The molecule has 0 bridgehead atoms. The van der Waals surface area contributed by atoms with Crippen molar-refractivity contribution in [2.24, 2.45) is 5.41 Å². The Morgan fingerprint density at radius 3 is 2.28 bits per heavy atom.